The third kappa shape index (κ3) is 7.44. The predicted octanol–water partition coefficient (Wildman–Crippen LogP) is 4.95. The minimum Gasteiger partial charge on any atom is -0.490 e. The van der Waals surface area contributed by atoms with Crippen LogP contribution < -0.4 is 29.7 Å². The first-order valence-corrected chi connectivity index (χ1v) is 13.4. The van der Waals surface area contributed by atoms with Gasteiger partial charge in [0.2, 0.25) is 6.79 Å². The second kappa shape index (κ2) is 13.6. The molecule has 0 aromatic heterocycles. The molecular weight excluding hydrogens is 550 g/mol. The number of esters is 1. The van der Waals surface area contributed by atoms with E-state index in [1.54, 1.807) is 91.0 Å². The van der Waals surface area contributed by atoms with Crippen molar-refractivity contribution in [2.45, 2.75) is 6.92 Å². The van der Waals surface area contributed by atoms with Crippen LogP contribution in [-0.2, 0) is 4.79 Å². The van der Waals surface area contributed by atoms with Gasteiger partial charge in [0.25, 0.3) is 11.8 Å². The summed E-state index contributed by atoms with van der Waals surface area (Å²) in [6.07, 6.45) is 2.91. The van der Waals surface area contributed by atoms with Crippen molar-refractivity contribution in [3.8, 4) is 23.0 Å². The number of hydrazone groups is 1. The molecule has 216 valence electrons. The Hall–Kier alpha value is -5.90. The van der Waals surface area contributed by atoms with Crippen LogP contribution in [-0.4, -0.2) is 37.4 Å². The highest BCUT2D eigenvalue weighted by Crippen LogP contribution is 2.33. The molecule has 0 unspecified atom stereocenters. The topological polar surface area (TPSA) is 125 Å². The Kier molecular flexibility index (Phi) is 9.08. The molecule has 10 nitrogen and oxygen atoms in total. The minimum atomic E-state index is -0.656. The molecule has 1 aliphatic heterocycles. The Bertz CT molecular complexity index is 1690. The van der Waals surface area contributed by atoms with Gasteiger partial charge in [0.05, 0.1) is 18.4 Å². The van der Waals surface area contributed by atoms with Gasteiger partial charge in [0, 0.05) is 5.56 Å². The van der Waals surface area contributed by atoms with E-state index in [2.05, 4.69) is 15.8 Å². The molecule has 0 radical (unpaired) electrons. The quantitative estimate of drug-likeness (QED) is 0.0898. The Balaban J connectivity index is 1.32. The molecule has 0 bridgehead atoms. The number of nitrogens with one attached hydrogen (secondary N) is 2. The van der Waals surface area contributed by atoms with Crippen LogP contribution in [0, 0.1) is 0 Å². The fraction of sp³-hybridized carbons (Fsp3) is 0.0909. The lowest BCUT2D eigenvalue weighted by atomic mass is 10.1. The molecule has 0 saturated heterocycles. The van der Waals surface area contributed by atoms with Crippen molar-refractivity contribution in [2.24, 2.45) is 5.10 Å². The number of rotatable bonds is 10. The van der Waals surface area contributed by atoms with Gasteiger partial charge in [-0.25, -0.2) is 10.2 Å². The Morgan fingerprint density at radius 2 is 1.51 bits per heavy atom. The Labute approximate surface area is 247 Å². The summed E-state index contributed by atoms with van der Waals surface area (Å²) >= 11 is 0. The van der Waals surface area contributed by atoms with Gasteiger partial charge >= 0.3 is 5.97 Å². The highest BCUT2D eigenvalue weighted by atomic mass is 16.7. The largest absolute Gasteiger partial charge is 0.490 e. The summed E-state index contributed by atoms with van der Waals surface area (Å²) in [6.45, 7) is 2.25. The molecule has 0 spiro atoms. The first-order chi connectivity index (χ1) is 21.0. The molecular formula is C33H27N3O7. The summed E-state index contributed by atoms with van der Waals surface area (Å²) in [5.41, 5.74) is 4.37. The summed E-state index contributed by atoms with van der Waals surface area (Å²) in [5, 5.41) is 6.72. The molecule has 2 amide bonds. The van der Waals surface area contributed by atoms with Gasteiger partial charge in [-0.1, -0.05) is 42.5 Å². The highest BCUT2D eigenvalue weighted by Gasteiger charge is 2.17. The van der Waals surface area contributed by atoms with Gasteiger partial charge in [-0.15, -0.1) is 0 Å². The fourth-order valence-electron chi connectivity index (χ4n) is 4.03. The van der Waals surface area contributed by atoms with Crippen molar-refractivity contribution in [1.82, 2.24) is 10.7 Å². The molecule has 0 aliphatic carbocycles. The number of fused-ring (bicyclic) bond motifs is 1. The lowest BCUT2D eigenvalue weighted by Gasteiger charge is -2.11. The van der Waals surface area contributed by atoms with Crippen LogP contribution in [0.5, 0.6) is 23.0 Å². The number of hydrogen-bond donors (Lipinski definition) is 2. The second-order valence-corrected chi connectivity index (χ2v) is 9.08. The molecule has 1 aliphatic rings. The number of hydrogen-bond acceptors (Lipinski definition) is 8. The summed E-state index contributed by atoms with van der Waals surface area (Å²) < 4.78 is 22.0. The van der Waals surface area contributed by atoms with Crippen molar-refractivity contribution in [1.29, 1.82) is 0 Å². The van der Waals surface area contributed by atoms with Crippen LogP contribution in [0.15, 0.2) is 108 Å². The summed E-state index contributed by atoms with van der Waals surface area (Å²) in [4.78, 5) is 38.6. The third-order valence-corrected chi connectivity index (χ3v) is 6.10. The van der Waals surface area contributed by atoms with Crippen molar-refractivity contribution >= 4 is 30.1 Å². The molecule has 43 heavy (non-hydrogen) atoms. The average Bonchev–Trinajstić information content (AvgIpc) is 3.51. The predicted molar refractivity (Wildman–Crippen MR) is 159 cm³/mol. The maximum Gasteiger partial charge on any atom is 0.343 e. The van der Waals surface area contributed by atoms with Gasteiger partial charge in [0.1, 0.15) is 5.70 Å². The molecule has 4 aromatic carbocycles. The normalized spacial score (nSPS) is 12.1. The molecule has 1 heterocycles. The molecule has 10 heteroatoms. The number of nitrogens with zero attached hydrogens (tertiary/aromatic N) is 1. The van der Waals surface area contributed by atoms with Gasteiger partial charge in [-0.2, -0.15) is 5.10 Å². The lowest BCUT2D eigenvalue weighted by Crippen LogP contribution is -2.32. The summed E-state index contributed by atoms with van der Waals surface area (Å²) in [7, 11) is 0. The molecule has 0 atom stereocenters. The van der Waals surface area contributed by atoms with E-state index >= 15 is 0 Å². The van der Waals surface area contributed by atoms with Crippen LogP contribution in [0.2, 0.25) is 0 Å². The van der Waals surface area contributed by atoms with E-state index < -0.39 is 17.8 Å². The number of amides is 2. The summed E-state index contributed by atoms with van der Waals surface area (Å²) in [6, 6.07) is 27.2. The maximum absolute atomic E-state index is 13.2. The van der Waals surface area contributed by atoms with Crippen LogP contribution in [0.4, 0.5) is 0 Å². The SMILES string of the molecule is CCOc1cc(/C=N\NC(=O)/C(=C\c2ccc3c(c2)OCO3)NC(=O)c2ccccc2)ccc1OC(=O)c1ccccc1. The van der Waals surface area contributed by atoms with Crippen LogP contribution >= 0.6 is 0 Å². The highest BCUT2D eigenvalue weighted by molar-refractivity contribution is 6.05. The van der Waals surface area contributed by atoms with Crippen molar-refractivity contribution in [2.75, 3.05) is 13.4 Å². The molecule has 0 fully saturated rings. The monoisotopic (exact) mass is 577 g/mol. The number of ether oxygens (including phenoxy) is 4. The first-order valence-electron chi connectivity index (χ1n) is 13.4. The van der Waals surface area contributed by atoms with Gasteiger partial charge in [0.15, 0.2) is 23.0 Å². The van der Waals surface area contributed by atoms with Crippen molar-refractivity contribution in [3.05, 3.63) is 125 Å². The van der Waals surface area contributed by atoms with E-state index in [1.165, 1.54) is 12.3 Å². The second-order valence-electron chi connectivity index (χ2n) is 9.08. The van der Waals surface area contributed by atoms with E-state index in [4.69, 9.17) is 18.9 Å². The van der Waals surface area contributed by atoms with Gasteiger partial charge < -0.3 is 24.3 Å². The zero-order valence-electron chi connectivity index (χ0n) is 23.1. The fourth-order valence-corrected chi connectivity index (χ4v) is 4.03. The average molecular weight is 578 g/mol. The van der Waals surface area contributed by atoms with E-state index in [9.17, 15) is 14.4 Å². The van der Waals surface area contributed by atoms with Crippen molar-refractivity contribution < 1.29 is 33.3 Å². The number of carbonyl (C=O) groups excluding carboxylic acids is 3. The third-order valence-electron chi connectivity index (χ3n) is 6.10. The van der Waals surface area contributed by atoms with E-state index in [1.807, 2.05) is 13.0 Å². The van der Waals surface area contributed by atoms with E-state index in [0.29, 0.717) is 46.1 Å². The standard InChI is InChI=1S/C33H27N3O7/c1-2-40-30-19-23(14-16-28(30)43-33(39)25-11-7-4-8-12-25)20-34-36-32(38)26(35-31(37)24-9-5-3-6-10-24)17-22-13-15-27-29(18-22)42-21-41-27/h3-20H,2,21H2,1H3,(H,35,37)(H,36,38)/b26-17+,34-20-. The van der Waals surface area contributed by atoms with Crippen LogP contribution in [0.25, 0.3) is 6.08 Å². The molecule has 4 aromatic rings. The van der Waals surface area contributed by atoms with Gasteiger partial charge in [-0.3, -0.25) is 9.59 Å². The Morgan fingerprint density at radius 3 is 2.26 bits per heavy atom. The van der Waals surface area contributed by atoms with E-state index in [0.717, 1.165) is 0 Å². The zero-order valence-corrected chi connectivity index (χ0v) is 23.1. The molecule has 2 N–H and O–H groups in total. The molecule has 0 saturated carbocycles. The van der Waals surface area contributed by atoms with Crippen LogP contribution in [0.1, 0.15) is 38.8 Å². The summed E-state index contributed by atoms with van der Waals surface area (Å²) in [5.74, 6) is 0.0622. The number of benzene rings is 4. The first kappa shape index (κ1) is 28.6. The minimum absolute atomic E-state index is 0.0388. The lowest BCUT2D eigenvalue weighted by molar-refractivity contribution is -0.117. The van der Waals surface area contributed by atoms with Crippen molar-refractivity contribution in [3.63, 3.8) is 0 Å². The van der Waals surface area contributed by atoms with Gasteiger partial charge in [-0.05, 0) is 78.7 Å². The molecule has 5 rings (SSSR count). The number of carbonyl (C=O) groups is 3. The van der Waals surface area contributed by atoms with E-state index in [-0.39, 0.29) is 18.2 Å². The smallest absolute Gasteiger partial charge is 0.343 e. The maximum atomic E-state index is 13.2. The Morgan fingerprint density at radius 1 is 0.814 bits per heavy atom. The zero-order chi connectivity index (χ0) is 30.0. The van der Waals surface area contributed by atoms with Crippen LogP contribution in [0.3, 0.4) is 0 Å².